The molecule has 1 fully saturated rings. The number of amides is 1. The standard InChI is InChI=1S/C6H12N2O2S/c1-4-6(11(7)10)3-8(4)5(2)9/h4,6-7,11H,3H2,1-2H3. The van der Waals surface area contributed by atoms with Gasteiger partial charge in [0.25, 0.3) is 0 Å². The largest absolute Gasteiger partial charge is 0.338 e. The molecular formula is C6H12N2O2S. The minimum absolute atomic E-state index is 0.00519. The Hall–Kier alpha value is -0.580. The van der Waals surface area contributed by atoms with Gasteiger partial charge in [-0.15, -0.1) is 0 Å². The van der Waals surface area contributed by atoms with Gasteiger partial charge in [-0.2, -0.15) is 0 Å². The summed E-state index contributed by atoms with van der Waals surface area (Å²) in [7, 11) is -1.86. The van der Waals surface area contributed by atoms with Gasteiger partial charge in [0.1, 0.15) is 0 Å². The summed E-state index contributed by atoms with van der Waals surface area (Å²) >= 11 is 0. The summed E-state index contributed by atoms with van der Waals surface area (Å²) in [5.74, 6) is 0.00519. The van der Waals surface area contributed by atoms with Crippen molar-refractivity contribution in [2.45, 2.75) is 25.1 Å². The summed E-state index contributed by atoms with van der Waals surface area (Å²) in [5, 5.41) is -0.103. The lowest BCUT2D eigenvalue weighted by molar-refractivity contribution is -0.135. The smallest absolute Gasteiger partial charge is 0.219 e. The Morgan fingerprint density at radius 3 is 2.55 bits per heavy atom. The van der Waals surface area contributed by atoms with Crippen LogP contribution in [0.2, 0.25) is 0 Å². The monoisotopic (exact) mass is 176 g/mol. The van der Waals surface area contributed by atoms with Gasteiger partial charge in [-0.25, -0.2) is 0 Å². The first-order chi connectivity index (χ1) is 5.04. The van der Waals surface area contributed by atoms with E-state index in [0.717, 1.165) is 0 Å². The van der Waals surface area contributed by atoms with E-state index in [1.54, 1.807) is 4.90 Å². The zero-order valence-corrected chi connectivity index (χ0v) is 7.47. The lowest BCUT2D eigenvalue weighted by Crippen LogP contribution is -2.60. The van der Waals surface area contributed by atoms with Crippen LogP contribution in [0.25, 0.3) is 0 Å². The van der Waals surface area contributed by atoms with Crippen LogP contribution in [0.3, 0.4) is 0 Å². The molecule has 0 spiro atoms. The number of hydrogen-bond donors (Lipinski definition) is 2. The molecule has 3 unspecified atom stereocenters. The maximum atomic E-state index is 10.8. The van der Waals surface area contributed by atoms with Crippen molar-refractivity contribution in [3.8, 4) is 0 Å². The normalized spacial score (nSPS) is 32.7. The van der Waals surface area contributed by atoms with Crippen molar-refractivity contribution < 1.29 is 9.00 Å². The number of rotatable bonds is 1. The van der Waals surface area contributed by atoms with Crippen LogP contribution in [0, 0.1) is 4.78 Å². The molecule has 0 aromatic heterocycles. The summed E-state index contributed by atoms with van der Waals surface area (Å²) in [6.45, 7) is 3.82. The predicted molar refractivity (Wildman–Crippen MR) is 42.9 cm³/mol. The lowest BCUT2D eigenvalue weighted by atomic mass is 10.1. The number of hydrogen-bond acceptors (Lipinski definition) is 3. The van der Waals surface area contributed by atoms with E-state index in [1.807, 2.05) is 6.92 Å². The van der Waals surface area contributed by atoms with Crippen LogP contribution in [0.1, 0.15) is 13.8 Å². The SMILES string of the molecule is CC(=O)N1CC([SH](=N)=O)C1C. The molecule has 0 bridgehead atoms. The molecule has 4 nitrogen and oxygen atoms in total. The van der Waals surface area contributed by atoms with Crippen molar-refractivity contribution in [1.82, 2.24) is 4.90 Å². The van der Waals surface area contributed by atoms with E-state index >= 15 is 0 Å². The third-order valence-electron chi connectivity index (χ3n) is 2.14. The first kappa shape index (κ1) is 8.52. The summed E-state index contributed by atoms with van der Waals surface area (Å²) in [4.78, 5) is 12.4. The third kappa shape index (κ3) is 1.38. The predicted octanol–water partition coefficient (Wildman–Crippen LogP) is -0.151. The van der Waals surface area contributed by atoms with Crippen LogP contribution in [0.5, 0.6) is 0 Å². The second-order valence-corrected chi connectivity index (χ2v) is 4.12. The second-order valence-electron chi connectivity index (χ2n) is 2.81. The average molecular weight is 176 g/mol. The van der Waals surface area contributed by atoms with Gasteiger partial charge in [-0.05, 0) is 6.92 Å². The molecule has 0 aromatic rings. The molecule has 0 saturated carbocycles. The van der Waals surface area contributed by atoms with Gasteiger partial charge in [-0.3, -0.25) is 13.8 Å². The van der Waals surface area contributed by atoms with Crippen molar-refractivity contribution in [1.29, 1.82) is 4.78 Å². The fourth-order valence-corrected chi connectivity index (χ4v) is 2.15. The zero-order valence-electron chi connectivity index (χ0n) is 6.57. The molecule has 1 saturated heterocycles. The van der Waals surface area contributed by atoms with Gasteiger partial charge in [0.2, 0.25) is 5.91 Å². The summed E-state index contributed by atoms with van der Waals surface area (Å²) in [6, 6.07) is -0.00592. The van der Waals surface area contributed by atoms with Gasteiger partial charge in [0.05, 0.1) is 5.25 Å². The second kappa shape index (κ2) is 2.81. The van der Waals surface area contributed by atoms with Gasteiger partial charge >= 0.3 is 0 Å². The first-order valence-electron chi connectivity index (χ1n) is 3.49. The van der Waals surface area contributed by atoms with Crippen molar-refractivity contribution in [3.05, 3.63) is 0 Å². The molecule has 0 aromatic carbocycles. The number of nitrogens with zero attached hydrogens (tertiary/aromatic N) is 1. The van der Waals surface area contributed by atoms with Gasteiger partial charge in [0.15, 0.2) is 0 Å². The van der Waals surface area contributed by atoms with Gasteiger partial charge in [-0.1, -0.05) is 0 Å². The number of nitrogens with one attached hydrogen (secondary N) is 1. The Balaban J connectivity index is 2.57. The number of carbonyl (C=O) groups is 1. The molecule has 1 heterocycles. The molecule has 5 heteroatoms. The van der Waals surface area contributed by atoms with E-state index in [-0.39, 0.29) is 17.2 Å². The van der Waals surface area contributed by atoms with Crippen molar-refractivity contribution in [2.24, 2.45) is 0 Å². The zero-order chi connectivity index (χ0) is 8.59. The Kier molecular flexibility index (Phi) is 2.17. The fraction of sp³-hybridized carbons (Fsp3) is 0.833. The van der Waals surface area contributed by atoms with Gasteiger partial charge < -0.3 is 4.90 Å². The Morgan fingerprint density at radius 1 is 1.73 bits per heavy atom. The lowest BCUT2D eigenvalue weighted by Gasteiger charge is -2.43. The van der Waals surface area contributed by atoms with E-state index in [2.05, 4.69) is 0 Å². The highest BCUT2D eigenvalue weighted by Crippen LogP contribution is 2.20. The van der Waals surface area contributed by atoms with Crippen LogP contribution in [0.4, 0.5) is 0 Å². The Morgan fingerprint density at radius 2 is 2.27 bits per heavy atom. The van der Waals surface area contributed by atoms with Crippen LogP contribution >= 0.6 is 0 Å². The molecule has 1 aliphatic rings. The minimum Gasteiger partial charge on any atom is -0.338 e. The van der Waals surface area contributed by atoms with E-state index < -0.39 is 10.6 Å². The fourth-order valence-electron chi connectivity index (χ4n) is 1.28. The highest BCUT2D eigenvalue weighted by atomic mass is 32.2. The molecule has 3 atom stereocenters. The van der Waals surface area contributed by atoms with E-state index in [0.29, 0.717) is 6.54 Å². The average Bonchev–Trinajstić information content (AvgIpc) is 1.82. The molecule has 1 rings (SSSR count). The molecular weight excluding hydrogens is 164 g/mol. The van der Waals surface area contributed by atoms with Crippen LogP contribution in [0.15, 0.2) is 0 Å². The summed E-state index contributed by atoms with van der Waals surface area (Å²) < 4.78 is 17.6. The minimum atomic E-state index is -1.86. The summed E-state index contributed by atoms with van der Waals surface area (Å²) in [6.07, 6.45) is 0. The number of thiol groups is 1. The third-order valence-corrected chi connectivity index (χ3v) is 3.34. The molecule has 0 radical (unpaired) electrons. The van der Waals surface area contributed by atoms with Crippen LogP contribution in [-0.2, 0) is 15.4 Å². The topological polar surface area (TPSA) is 61.2 Å². The maximum absolute atomic E-state index is 10.8. The number of likely N-dealkylation sites (tertiary alicyclic amines) is 1. The molecule has 11 heavy (non-hydrogen) atoms. The summed E-state index contributed by atoms with van der Waals surface area (Å²) in [5.41, 5.74) is 0. The Bertz CT molecular complexity index is 241. The molecule has 64 valence electrons. The van der Waals surface area contributed by atoms with Crippen LogP contribution in [-0.4, -0.2) is 32.9 Å². The molecule has 0 aliphatic carbocycles. The first-order valence-corrected chi connectivity index (χ1v) is 4.81. The maximum Gasteiger partial charge on any atom is 0.219 e. The quantitative estimate of drug-likeness (QED) is 0.546. The molecule has 1 N–H and O–H groups in total. The van der Waals surface area contributed by atoms with E-state index in [9.17, 15) is 9.00 Å². The van der Waals surface area contributed by atoms with Crippen molar-refractivity contribution in [2.75, 3.05) is 6.54 Å². The van der Waals surface area contributed by atoms with Crippen molar-refractivity contribution >= 4 is 16.5 Å². The molecule has 1 aliphatic heterocycles. The Labute approximate surface area is 67.6 Å². The number of carbonyl (C=O) groups excluding carboxylic acids is 1. The van der Waals surface area contributed by atoms with E-state index in [1.165, 1.54) is 6.92 Å². The highest BCUT2D eigenvalue weighted by Gasteiger charge is 2.37. The van der Waals surface area contributed by atoms with E-state index in [4.69, 9.17) is 4.78 Å². The van der Waals surface area contributed by atoms with Crippen LogP contribution < -0.4 is 0 Å². The highest BCUT2D eigenvalue weighted by molar-refractivity contribution is 7.74. The van der Waals surface area contributed by atoms with Gasteiger partial charge in [0, 0.05) is 30.1 Å². The van der Waals surface area contributed by atoms with Crippen molar-refractivity contribution in [3.63, 3.8) is 0 Å². The molecule has 1 amide bonds.